The van der Waals surface area contributed by atoms with E-state index in [0.29, 0.717) is 27.2 Å². The Morgan fingerprint density at radius 3 is 2.58 bits per heavy atom. The summed E-state index contributed by atoms with van der Waals surface area (Å²) in [5, 5.41) is 26.7. The zero-order valence-electron chi connectivity index (χ0n) is 21.4. The van der Waals surface area contributed by atoms with E-state index in [1.54, 1.807) is 18.6 Å². The number of hydrogen-bond donors (Lipinski definition) is 2. The molecule has 4 heterocycles. The molecule has 0 bridgehead atoms. The van der Waals surface area contributed by atoms with Gasteiger partial charge in [-0.15, -0.1) is 5.10 Å². The first-order valence-electron chi connectivity index (χ1n) is 12.1. The minimum absolute atomic E-state index is 0.171. The number of anilines is 3. The normalized spacial score (nSPS) is 11.9. The summed E-state index contributed by atoms with van der Waals surface area (Å²) in [6, 6.07) is 11.7. The molecule has 0 spiro atoms. The third kappa shape index (κ3) is 4.99. The Kier molecular flexibility index (Phi) is 6.90. The highest BCUT2D eigenvalue weighted by molar-refractivity contribution is 6.36. The number of nitrogens with zero attached hydrogens (tertiary/aromatic N) is 7. The van der Waals surface area contributed by atoms with Gasteiger partial charge in [0, 0.05) is 41.4 Å². The molecule has 0 unspecified atom stereocenters. The summed E-state index contributed by atoms with van der Waals surface area (Å²) in [7, 11) is 0. The molecule has 38 heavy (non-hydrogen) atoms. The second-order valence-electron chi connectivity index (χ2n) is 9.35. The van der Waals surface area contributed by atoms with Gasteiger partial charge in [-0.25, -0.2) is 4.68 Å². The number of fused-ring (bicyclic) bond motifs is 1. The molecule has 0 saturated carbocycles. The van der Waals surface area contributed by atoms with Crippen molar-refractivity contribution in [3.05, 3.63) is 94.4 Å². The number of nitrogens with one attached hydrogen (secondary N) is 2. The standard InChI is InChI=1S/C28H26ClN9/c1-16(2)38-15-25(36-37-38)27(19-6-5-7-31-12-19)34-21-9-23-26(35-22-8-17(3)18(4)32-14-22)20(11-30)13-33-28(23)24(29)10-21/h5-10,12-16,27,34H,1-4H3,(H,33,35)/t27-/m0/s1. The highest BCUT2D eigenvalue weighted by atomic mass is 35.5. The van der Waals surface area contributed by atoms with Crippen LogP contribution >= 0.6 is 11.6 Å². The summed E-state index contributed by atoms with van der Waals surface area (Å²) in [5.41, 5.74) is 6.73. The molecule has 0 aliphatic rings. The zero-order chi connectivity index (χ0) is 26.8. The Bertz CT molecular complexity index is 1660. The van der Waals surface area contributed by atoms with E-state index in [9.17, 15) is 5.26 Å². The fourth-order valence-corrected chi connectivity index (χ4v) is 4.40. The number of halogens is 1. The predicted octanol–water partition coefficient (Wildman–Crippen LogP) is 6.28. The molecule has 0 saturated heterocycles. The number of nitriles is 1. The average Bonchev–Trinajstić information content (AvgIpc) is 3.41. The highest BCUT2D eigenvalue weighted by Gasteiger charge is 2.21. The first kappa shape index (κ1) is 25.1. The van der Waals surface area contributed by atoms with E-state index in [-0.39, 0.29) is 12.1 Å². The quantitative estimate of drug-likeness (QED) is 0.256. The minimum atomic E-state index is -0.336. The smallest absolute Gasteiger partial charge is 0.110 e. The van der Waals surface area contributed by atoms with Crippen LogP contribution in [0.15, 0.2) is 61.3 Å². The molecule has 10 heteroatoms. The number of benzene rings is 1. The maximum Gasteiger partial charge on any atom is 0.110 e. The lowest BCUT2D eigenvalue weighted by Gasteiger charge is -2.20. The van der Waals surface area contributed by atoms with Crippen LogP contribution in [-0.4, -0.2) is 29.9 Å². The monoisotopic (exact) mass is 523 g/mol. The third-order valence-corrected chi connectivity index (χ3v) is 6.62. The minimum Gasteiger partial charge on any atom is -0.373 e. The SMILES string of the molecule is Cc1cc(Nc2c(C#N)cnc3c(Cl)cc(N[C@@H](c4cccnc4)c4cn(C(C)C)nn4)cc23)cnc1C. The van der Waals surface area contributed by atoms with Gasteiger partial charge < -0.3 is 10.6 Å². The zero-order valence-corrected chi connectivity index (χ0v) is 22.2. The summed E-state index contributed by atoms with van der Waals surface area (Å²) >= 11 is 6.73. The van der Waals surface area contributed by atoms with E-state index in [1.807, 2.05) is 68.9 Å². The van der Waals surface area contributed by atoms with Crippen molar-refractivity contribution in [2.24, 2.45) is 0 Å². The van der Waals surface area contributed by atoms with Crippen molar-refractivity contribution >= 4 is 39.6 Å². The molecule has 1 aromatic carbocycles. The van der Waals surface area contributed by atoms with E-state index in [2.05, 4.69) is 42.0 Å². The maximum atomic E-state index is 9.86. The van der Waals surface area contributed by atoms with Crippen LogP contribution in [0.25, 0.3) is 10.9 Å². The molecular weight excluding hydrogens is 498 g/mol. The van der Waals surface area contributed by atoms with Crippen molar-refractivity contribution in [1.29, 1.82) is 5.26 Å². The lowest BCUT2D eigenvalue weighted by molar-refractivity contribution is 0.514. The number of pyridine rings is 3. The Morgan fingerprint density at radius 1 is 1.05 bits per heavy atom. The first-order chi connectivity index (χ1) is 18.3. The van der Waals surface area contributed by atoms with Gasteiger partial charge in [0.25, 0.3) is 0 Å². The van der Waals surface area contributed by atoms with Gasteiger partial charge in [0.1, 0.15) is 11.8 Å². The summed E-state index contributed by atoms with van der Waals surface area (Å²) in [4.78, 5) is 13.2. The van der Waals surface area contributed by atoms with Gasteiger partial charge in [0.15, 0.2) is 0 Å². The largest absolute Gasteiger partial charge is 0.373 e. The number of aromatic nitrogens is 6. The summed E-state index contributed by atoms with van der Waals surface area (Å²) < 4.78 is 1.82. The third-order valence-electron chi connectivity index (χ3n) is 6.34. The Balaban J connectivity index is 1.61. The lowest BCUT2D eigenvalue weighted by Crippen LogP contribution is -2.13. The van der Waals surface area contributed by atoms with Gasteiger partial charge >= 0.3 is 0 Å². The van der Waals surface area contributed by atoms with Crippen LogP contribution in [-0.2, 0) is 0 Å². The number of aryl methyl sites for hydroxylation is 2. The van der Waals surface area contributed by atoms with Gasteiger partial charge in [-0.05, 0) is 63.1 Å². The Hall–Kier alpha value is -4.55. The molecule has 0 amide bonds. The van der Waals surface area contributed by atoms with Crippen LogP contribution in [0.5, 0.6) is 0 Å². The van der Waals surface area contributed by atoms with Gasteiger partial charge in [0.05, 0.1) is 45.9 Å². The van der Waals surface area contributed by atoms with Gasteiger partial charge in [0.2, 0.25) is 0 Å². The summed E-state index contributed by atoms with van der Waals surface area (Å²) in [5.74, 6) is 0. The van der Waals surface area contributed by atoms with Crippen molar-refractivity contribution in [1.82, 2.24) is 29.9 Å². The van der Waals surface area contributed by atoms with Crippen molar-refractivity contribution < 1.29 is 0 Å². The fraction of sp³-hybridized carbons (Fsp3) is 0.214. The number of hydrogen-bond acceptors (Lipinski definition) is 8. The van der Waals surface area contributed by atoms with E-state index < -0.39 is 0 Å². The first-order valence-corrected chi connectivity index (χ1v) is 12.5. The van der Waals surface area contributed by atoms with E-state index in [1.165, 1.54) is 6.20 Å². The van der Waals surface area contributed by atoms with Crippen LogP contribution in [0, 0.1) is 25.2 Å². The average molecular weight is 524 g/mol. The molecular formula is C28H26ClN9. The molecule has 0 aliphatic heterocycles. The maximum absolute atomic E-state index is 9.86. The molecule has 9 nitrogen and oxygen atoms in total. The molecule has 1 atom stereocenters. The fourth-order valence-electron chi connectivity index (χ4n) is 4.13. The predicted molar refractivity (Wildman–Crippen MR) is 149 cm³/mol. The van der Waals surface area contributed by atoms with Crippen molar-refractivity contribution in [3.63, 3.8) is 0 Å². The molecule has 0 radical (unpaired) electrons. The molecule has 2 N–H and O–H groups in total. The van der Waals surface area contributed by atoms with Crippen LogP contribution in [0.3, 0.4) is 0 Å². The van der Waals surface area contributed by atoms with E-state index >= 15 is 0 Å². The molecule has 5 rings (SSSR count). The van der Waals surface area contributed by atoms with Crippen LogP contribution in [0.1, 0.15) is 54.0 Å². The van der Waals surface area contributed by atoms with Crippen molar-refractivity contribution in [2.75, 3.05) is 10.6 Å². The van der Waals surface area contributed by atoms with Crippen LogP contribution in [0.4, 0.5) is 17.1 Å². The molecule has 5 aromatic rings. The van der Waals surface area contributed by atoms with Crippen LogP contribution < -0.4 is 10.6 Å². The topological polar surface area (TPSA) is 117 Å². The molecule has 190 valence electrons. The molecule has 0 aliphatic carbocycles. The van der Waals surface area contributed by atoms with E-state index in [4.69, 9.17) is 11.6 Å². The lowest BCUT2D eigenvalue weighted by atomic mass is 10.0. The molecule has 0 fully saturated rings. The van der Waals surface area contributed by atoms with E-state index in [0.717, 1.165) is 33.9 Å². The summed E-state index contributed by atoms with van der Waals surface area (Å²) in [6.07, 6.45) is 8.72. The van der Waals surface area contributed by atoms with Gasteiger partial charge in [-0.3, -0.25) is 15.0 Å². The summed E-state index contributed by atoms with van der Waals surface area (Å²) in [6.45, 7) is 8.05. The Morgan fingerprint density at radius 2 is 1.89 bits per heavy atom. The van der Waals surface area contributed by atoms with Crippen LogP contribution in [0.2, 0.25) is 5.02 Å². The van der Waals surface area contributed by atoms with Gasteiger partial charge in [-0.2, -0.15) is 5.26 Å². The highest BCUT2D eigenvalue weighted by Crippen LogP contribution is 2.36. The second-order valence-corrected chi connectivity index (χ2v) is 9.75. The van der Waals surface area contributed by atoms with Gasteiger partial charge in [-0.1, -0.05) is 22.9 Å². The second kappa shape index (κ2) is 10.4. The number of rotatable bonds is 7. The molecule has 4 aromatic heterocycles. The Labute approximate surface area is 225 Å². The van der Waals surface area contributed by atoms with Crippen molar-refractivity contribution in [2.45, 2.75) is 39.8 Å². The van der Waals surface area contributed by atoms with Crippen molar-refractivity contribution in [3.8, 4) is 6.07 Å².